The first kappa shape index (κ1) is 28.6. The van der Waals surface area contributed by atoms with E-state index in [0.717, 1.165) is 0 Å². The molecule has 0 aliphatic carbocycles. The molecule has 1 aliphatic heterocycles. The van der Waals surface area contributed by atoms with Crippen molar-refractivity contribution >= 4 is 40.8 Å². The normalized spacial score (nSPS) is 18.9. The SMILES string of the molecule is Cc1c([N+](=O)[O-])c(OCC[C@@H](C)Nc2nc(Cl)ncc2Cl)nn1C1CCN(C(=O)OC(C)(C)C)CC1F. The number of rotatable bonds is 8. The fourth-order valence-corrected chi connectivity index (χ4v) is 4.14. The van der Waals surface area contributed by atoms with Gasteiger partial charge in [-0.25, -0.2) is 14.2 Å². The van der Waals surface area contributed by atoms with Crippen molar-refractivity contribution in [3.63, 3.8) is 0 Å². The number of hydrogen-bond acceptors (Lipinski definition) is 9. The lowest BCUT2D eigenvalue weighted by atomic mass is 10.0. The van der Waals surface area contributed by atoms with E-state index in [2.05, 4.69) is 20.4 Å². The summed E-state index contributed by atoms with van der Waals surface area (Å²) in [4.78, 5) is 32.6. The molecular weight excluding hydrogens is 532 g/mol. The second-order valence-electron chi connectivity index (χ2n) is 9.76. The quantitative estimate of drug-likeness (QED) is 0.268. The van der Waals surface area contributed by atoms with Crippen LogP contribution in [0.4, 0.5) is 20.7 Å². The van der Waals surface area contributed by atoms with Crippen LogP contribution in [0.5, 0.6) is 5.88 Å². The highest BCUT2D eigenvalue weighted by Gasteiger charge is 2.38. The van der Waals surface area contributed by atoms with Crippen molar-refractivity contribution < 1.29 is 23.6 Å². The molecule has 0 bridgehead atoms. The maximum absolute atomic E-state index is 15.2. The number of nitrogens with zero attached hydrogens (tertiary/aromatic N) is 6. The molecule has 1 amide bonds. The topological polar surface area (TPSA) is 138 Å². The summed E-state index contributed by atoms with van der Waals surface area (Å²) in [6, 6.07) is -0.974. The lowest BCUT2D eigenvalue weighted by Crippen LogP contribution is -2.47. The predicted octanol–water partition coefficient (Wildman–Crippen LogP) is 4.99. The van der Waals surface area contributed by atoms with Crippen molar-refractivity contribution in [3.05, 3.63) is 32.3 Å². The summed E-state index contributed by atoms with van der Waals surface area (Å²) in [5, 5.41) is 19.4. The number of hydrogen-bond donors (Lipinski definition) is 1. The average molecular weight is 562 g/mol. The molecule has 2 unspecified atom stereocenters. The van der Waals surface area contributed by atoms with E-state index in [4.69, 9.17) is 32.7 Å². The third kappa shape index (κ3) is 7.31. The fraction of sp³-hybridized carbons (Fsp3) is 0.636. The van der Waals surface area contributed by atoms with Crippen molar-refractivity contribution in [2.75, 3.05) is 25.0 Å². The minimum Gasteiger partial charge on any atom is -0.472 e. The summed E-state index contributed by atoms with van der Waals surface area (Å²) in [5.74, 6) is 0.159. The van der Waals surface area contributed by atoms with Gasteiger partial charge in [0.1, 0.15) is 28.3 Å². The fourth-order valence-electron chi connectivity index (χ4n) is 3.86. The van der Waals surface area contributed by atoms with Crippen LogP contribution in [0.1, 0.15) is 52.3 Å². The second kappa shape index (κ2) is 11.6. The molecule has 0 aromatic carbocycles. The molecule has 0 radical (unpaired) electrons. The number of likely N-dealkylation sites (tertiary alicyclic amines) is 1. The lowest BCUT2D eigenvalue weighted by molar-refractivity contribution is -0.386. The van der Waals surface area contributed by atoms with Gasteiger partial charge in [0.2, 0.25) is 5.28 Å². The molecule has 3 atom stereocenters. The molecule has 1 N–H and O–H groups in total. The van der Waals surface area contributed by atoms with Gasteiger partial charge >= 0.3 is 17.7 Å². The molecule has 1 aliphatic rings. The van der Waals surface area contributed by atoms with E-state index in [1.54, 1.807) is 20.8 Å². The van der Waals surface area contributed by atoms with Crippen molar-refractivity contribution in [1.29, 1.82) is 0 Å². The molecule has 1 saturated heterocycles. The molecule has 0 saturated carbocycles. The summed E-state index contributed by atoms with van der Waals surface area (Å²) < 4.78 is 27.4. The summed E-state index contributed by atoms with van der Waals surface area (Å²) in [7, 11) is 0. The molecule has 15 heteroatoms. The molecule has 3 rings (SSSR count). The van der Waals surface area contributed by atoms with E-state index in [9.17, 15) is 14.9 Å². The Balaban J connectivity index is 1.66. The van der Waals surface area contributed by atoms with Crippen molar-refractivity contribution in [2.45, 2.75) is 71.3 Å². The first-order valence-electron chi connectivity index (χ1n) is 11.7. The van der Waals surface area contributed by atoms with Crippen LogP contribution >= 0.6 is 23.2 Å². The Morgan fingerprint density at radius 1 is 1.41 bits per heavy atom. The van der Waals surface area contributed by atoms with Gasteiger partial charge in [-0.05, 0) is 52.6 Å². The zero-order valence-electron chi connectivity index (χ0n) is 21.2. The first-order chi connectivity index (χ1) is 17.3. The van der Waals surface area contributed by atoms with Gasteiger partial charge in [0.15, 0.2) is 0 Å². The minimum atomic E-state index is -1.50. The summed E-state index contributed by atoms with van der Waals surface area (Å²) in [6.45, 7) is 8.64. The maximum atomic E-state index is 15.2. The average Bonchev–Trinajstić information content (AvgIpc) is 3.11. The molecular formula is C22H30Cl2FN7O5. The van der Waals surface area contributed by atoms with Gasteiger partial charge in [-0.2, -0.15) is 4.98 Å². The van der Waals surface area contributed by atoms with E-state index < -0.39 is 28.8 Å². The summed E-state index contributed by atoms with van der Waals surface area (Å²) >= 11 is 11.9. The number of nitro groups is 1. The van der Waals surface area contributed by atoms with Gasteiger partial charge < -0.3 is 19.7 Å². The molecule has 2 aromatic heterocycles. The molecule has 3 heterocycles. The van der Waals surface area contributed by atoms with Crippen LogP contribution in [0.2, 0.25) is 10.3 Å². The Kier molecular flexibility index (Phi) is 9.00. The number of anilines is 1. The van der Waals surface area contributed by atoms with Crippen LogP contribution in [0.15, 0.2) is 6.20 Å². The Hall–Kier alpha value is -2.93. The lowest BCUT2D eigenvalue weighted by Gasteiger charge is -2.35. The first-order valence-corrected chi connectivity index (χ1v) is 12.4. The minimum absolute atomic E-state index is 0.0371. The van der Waals surface area contributed by atoms with Crippen molar-refractivity contribution in [3.8, 4) is 5.88 Å². The van der Waals surface area contributed by atoms with Gasteiger partial charge in [0.05, 0.1) is 30.3 Å². The number of halogens is 3. The molecule has 1 fully saturated rings. The highest BCUT2D eigenvalue weighted by molar-refractivity contribution is 6.33. The van der Waals surface area contributed by atoms with Gasteiger partial charge in [-0.3, -0.25) is 14.8 Å². The zero-order valence-corrected chi connectivity index (χ0v) is 22.7. The van der Waals surface area contributed by atoms with E-state index in [0.29, 0.717) is 17.3 Å². The standard InChI is InChI=1S/C22H30Cl2FN7O5/c1-12(27-18-14(23)10-26-20(24)28-18)7-9-36-19-17(32(34)35)13(2)31(29-19)16-6-8-30(11-15(16)25)21(33)37-22(3,4)5/h10,12,15-16H,6-9,11H2,1-5H3,(H,26,27,28)/t12-,15?,16?/m1/s1. The third-order valence-corrected chi connectivity index (χ3v) is 6.09. The van der Waals surface area contributed by atoms with Gasteiger partial charge in [0, 0.05) is 19.0 Å². The molecule has 0 spiro atoms. The van der Waals surface area contributed by atoms with Crippen LogP contribution in [0.25, 0.3) is 0 Å². The Morgan fingerprint density at radius 3 is 2.73 bits per heavy atom. The summed E-state index contributed by atoms with van der Waals surface area (Å²) in [6.07, 6.45) is -0.101. The highest BCUT2D eigenvalue weighted by Crippen LogP contribution is 2.35. The zero-order chi connectivity index (χ0) is 27.5. The van der Waals surface area contributed by atoms with Crippen molar-refractivity contribution in [1.82, 2.24) is 24.6 Å². The smallest absolute Gasteiger partial charge is 0.410 e. The molecule has 37 heavy (non-hydrogen) atoms. The molecule has 12 nitrogen and oxygen atoms in total. The molecule has 204 valence electrons. The predicted molar refractivity (Wildman–Crippen MR) is 135 cm³/mol. The van der Waals surface area contributed by atoms with Crippen LogP contribution in [0, 0.1) is 17.0 Å². The van der Waals surface area contributed by atoms with E-state index in [-0.39, 0.29) is 54.7 Å². The second-order valence-corrected chi connectivity index (χ2v) is 10.5. The van der Waals surface area contributed by atoms with Crippen LogP contribution in [-0.4, -0.2) is 73.2 Å². The van der Waals surface area contributed by atoms with Crippen molar-refractivity contribution in [2.24, 2.45) is 0 Å². The largest absolute Gasteiger partial charge is 0.472 e. The number of amides is 1. The van der Waals surface area contributed by atoms with Gasteiger partial charge in [-0.15, -0.1) is 5.10 Å². The van der Waals surface area contributed by atoms with Crippen LogP contribution in [-0.2, 0) is 4.74 Å². The van der Waals surface area contributed by atoms with E-state index >= 15 is 4.39 Å². The van der Waals surface area contributed by atoms with E-state index in [1.807, 2.05) is 6.92 Å². The Bertz CT molecular complexity index is 1140. The van der Waals surface area contributed by atoms with Gasteiger partial charge in [0.25, 0.3) is 0 Å². The number of carbonyl (C=O) groups is 1. The maximum Gasteiger partial charge on any atom is 0.410 e. The summed E-state index contributed by atoms with van der Waals surface area (Å²) in [5.41, 5.74) is -0.855. The van der Waals surface area contributed by atoms with Crippen LogP contribution < -0.4 is 10.1 Å². The molecule has 2 aromatic rings. The number of alkyl halides is 1. The number of nitrogens with one attached hydrogen (secondary N) is 1. The Morgan fingerprint density at radius 2 is 2.11 bits per heavy atom. The number of carbonyl (C=O) groups excluding carboxylic acids is 1. The highest BCUT2D eigenvalue weighted by atomic mass is 35.5. The number of aromatic nitrogens is 4. The van der Waals surface area contributed by atoms with Gasteiger partial charge in [-0.1, -0.05) is 11.6 Å². The monoisotopic (exact) mass is 561 g/mol. The van der Waals surface area contributed by atoms with Crippen LogP contribution in [0.3, 0.4) is 0 Å². The number of ether oxygens (including phenoxy) is 2. The third-order valence-electron chi connectivity index (χ3n) is 5.63. The van der Waals surface area contributed by atoms with E-state index in [1.165, 1.54) is 22.7 Å². The number of piperidine rings is 1. The Labute approximate surface area is 223 Å².